The lowest BCUT2D eigenvalue weighted by molar-refractivity contribution is 0.142. The van der Waals surface area contributed by atoms with Gasteiger partial charge in [0.2, 0.25) is 17.2 Å². The second-order valence-electron chi connectivity index (χ2n) is 9.13. The van der Waals surface area contributed by atoms with Crippen molar-refractivity contribution in [2.75, 3.05) is 24.3 Å². The summed E-state index contributed by atoms with van der Waals surface area (Å²) >= 11 is 6.05. The molecule has 0 saturated heterocycles. The van der Waals surface area contributed by atoms with Crippen molar-refractivity contribution in [1.29, 1.82) is 0 Å². The molecule has 3 N–H and O–H groups in total. The number of urea groups is 1. The predicted octanol–water partition coefficient (Wildman–Crippen LogP) is 3.37. The van der Waals surface area contributed by atoms with Gasteiger partial charge in [-0.1, -0.05) is 30.3 Å². The molecule has 0 radical (unpaired) electrons. The minimum atomic E-state index is -0.547. The Kier molecular flexibility index (Phi) is 5.12. The second-order valence-corrected chi connectivity index (χ2v) is 9.47. The SMILES string of the molecule is CN(C)c1nc(Cl)nc(Nc2n[nH]c3c2CN(C(=O)NC2CC2c2ccccc2)C3(C)C)n1. The Morgan fingerprint density at radius 2 is 1.97 bits per heavy atom. The van der Waals surface area contributed by atoms with Gasteiger partial charge in [-0.25, -0.2) is 4.79 Å². The van der Waals surface area contributed by atoms with Gasteiger partial charge in [-0.15, -0.1) is 0 Å². The van der Waals surface area contributed by atoms with Crippen molar-refractivity contribution in [2.45, 2.75) is 44.3 Å². The standard InChI is InChI=1S/C22H26ClN9O/c1-22(2)16-14(17(30-29-16)25-19-26-18(23)27-20(28-19)31(3)4)11-32(22)21(33)24-15-10-13(15)12-8-6-5-7-9-12/h5-9,13,15H,10-11H2,1-4H3,(H,24,33)(H2,25,26,27,28,29,30). The number of aromatic amines is 1. The zero-order chi connectivity index (χ0) is 23.3. The van der Waals surface area contributed by atoms with Crippen LogP contribution in [0, 0.1) is 0 Å². The van der Waals surface area contributed by atoms with Gasteiger partial charge in [-0.05, 0) is 37.4 Å². The number of benzene rings is 1. The van der Waals surface area contributed by atoms with Gasteiger partial charge in [-0.3, -0.25) is 5.10 Å². The predicted molar refractivity (Wildman–Crippen MR) is 126 cm³/mol. The van der Waals surface area contributed by atoms with Crippen molar-refractivity contribution in [3.8, 4) is 0 Å². The van der Waals surface area contributed by atoms with Crippen LogP contribution in [-0.4, -0.2) is 56.2 Å². The van der Waals surface area contributed by atoms with Crippen LogP contribution in [0.3, 0.4) is 0 Å². The van der Waals surface area contributed by atoms with Crippen molar-refractivity contribution in [2.24, 2.45) is 0 Å². The number of carbonyl (C=O) groups is 1. The van der Waals surface area contributed by atoms with Gasteiger partial charge in [0, 0.05) is 31.6 Å². The summed E-state index contributed by atoms with van der Waals surface area (Å²) in [5.41, 5.74) is 2.49. The van der Waals surface area contributed by atoms with Gasteiger partial charge in [0.15, 0.2) is 5.82 Å². The summed E-state index contributed by atoms with van der Waals surface area (Å²) in [6.45, 7) is 4.42. The number of H-pyrrole nitrogens is 1. The van der Waals surface area contributed by atoms with E-state index < -0.39 is 5.54 Å². The van der Waals surface area contributed by atoms with E-state index in [2.05, 4.69) is 47.9 Å². The number of anilines is 3. The summed E-state index contributed by atoms with van der Waals surface area (Å²) in [5, 5.41) is 13.9. The van der Waals surface area contributed by atoms with Gasteiger partial charge in [0.05, 0.1) is 17.8 Å². The van der Waals surface area contributed by atoms with Crippen molar-refractivity contribution < 1.29 is 4.79 Å². The summed E-state index contributed by atoms with van der Waals surface area (Å²) < 4.78 is 0. The van der Waals surface area contributed by atoms with Crippen LogP contribution in [0.25, 0.3) is 0 Å². The van der Waals surface area contributed by atoms with Crippen LogP contribution >= 0.6 is 11.6 Å². The zero-order valence-corrected chi connectivity index (χ0v) is 19.7. The van der Waals surface area contributed by atoms with E-state index in [1.807, 2.05) is 51.0 Å². The number of fused-ring (bicyclic) bond motifs is 1. The largest absolute Gasteiger partial charge is 0.347 e. The smallest absolute Gasteiger partial charge is 0.318 e. The summed E-state index contributed by atoms with van der Waals surface area (Å²) in [4.78, 5) is 29.4. The molecular weight excluding hydrogens is 442 g/mol. The van der Waals surface area contributed by atoms with Gasteiger partial charge >= 0.3 is 6.03 Å². The number of carbonyl (C=O) groups excluding carboxylic acids is 1. The van der Waals surface area contributed by atoms with Gasteiger partial charge in [-0.2, -0.15) is 20.1 Å². The molecule has 2 amide bonds. The molecule has 3 heterocycles. The van der Waals surface area contributed by atoms with E-state index in [1.165, 1.54) is 5.56 Å². The molecule has 5 rings (SSSR count). The van der Waals surface area contributed by atoms with Crippen LogP contribution < -0.4 is 15.5 Å². The van der Waals surface area contributed by atoms with E-state index in [0.717, 1.165) is 17.7 Å². The Balaban J connectivity index is 1.31. The van der Waals surface area contributed by atoms with E-state index in [-0.39, 0.29) is 23.3 Å². The van der Waals surface area contributed by atoms with Crippen LogP contribution in [0.1, 0.15) is 43.0 Å². The third-order valence-corrected chi connectivity index (χ3v) is 6.44. The first-order valence-corrected chi connectivity index (χ1v) is 11.2. The number of rotatable bonds is 5. The molecule has 2 aliphatic rings. The molecule has 2 aromatic heterocycles. The monoisotopic (exact) mass is 467 g/mol. The fourth-order valence-corrected chi connectivity index (χ4v) is 4.46. The quantitative estimate of drug-likeness (QED) is 0.526. The molecule has 33 heavy (non-hydrogen) atoms. The first-order valence-electron chi connectivity index (χ1n) is 10.8. The van der Waals surface area contributed by atoms with Crippen molar-refractivity contribution in [1.82, 2.24) is 35.4 Å². The van der Waals surface area contributed by atoms with Crippen LogP contribution in [0.5, 0.6) is 0 Å². The minimum Gasteiger partial charge on any atom is -0.347 e. The maximum Gasteiger partial charge on any atom is 0.318 e. The highest BCUT2D eigenvalue weighted by atomic mass is 35.5. The lowest BCUT2D eigenvalue weighted by Gasteiger charge is -2.32. The van der Waals surface area contributed by atoms with E-state index in [9.17, 15) is 4.79 Å². The summed E-state index contributed by atoms with van der Waals surface area (Å²) in [6.07, 6.45) is 0.956. The summed E-state index contributed by atoms with van der Waals surface area (Å²) in [7, 11) is 3.64. The van der Waals surface area contributed by atoms with Crippen molar-refractivity contribution in [3.05, 3.63) is 52.4 Å². The number of aromatic nitrogens is 5. The highest BCUT2D eigenvalue weighted by Crippen LogP contribution is 2.43. The maximum atomic E-state index is 13.2. The summed E-state index contributed by atoms with van der Waals surface area (Å²) in [5.74, 6) is 1.66. The zero-order valence-electron chi connectivity index (χ0n) is 18.9. The number of nitrogens with one attached hydrogen (secondary N) is 3. The number of halogens is 1. The average Bonchev–Trinajstić information content (AvgIpc) is 3.32. The highest BCUT2D eigenvalue weighted by Gasteiger charge is 2.46. The maximum absolute atomic E-state index is 13.2. The molecule has 11 heteroatoms. The van der Waals surface area contributed by atoms with Crippen LogP contribution in [0.15, 0.2) is 30.3 Å². The molecule has 172 valence electrons. The van der Waals surface area contributed by atoms with E-state index in [1.54, 1.807) is 4.90 Å². The Bertz CT molecular complexity index is 1190. The Labute approximate surface area is 196 Å². The first-order chi connectivity index (χ1) is 15.7. The minimum absolute atomic E-state index is 0.0853. The Hall–Kier alpha value is -3.40. The van der Waals surface area contributed by atoms with Crippen molar-refractivity contribution >= 4 is 35.3 Å². The molecule has 1 aromatic carbocycles. The topological polar surface area (TPSA) is 115 Å². The molecule has 1 fully saturated rings. The van der Waals surface area contributed by atoms with Crippen molar-refractivity contribution in [3.63, 3.8) is 0 Å². The number of hydrogen-bond donors (Lipinski definition) is 3. The molecule has 2 atom stereocenters. The number of nitrogens with zero attached hydrogens (tertiary/aromatic N) is 6. The molecule has 1 saturated carbocycles. The number of hydrogen-bond acceptors (Lipinski definition) is 7. The molecular formula is C22H26ClN9O. The summed E-state index contributed by atoms with van der Waals surface area (Å²) in [6, 6.07) is 10.4. The fourth-order valence-electron chi connectivity index (χ4n) is 4.31. The highest BCUT2D eigenvalue weighted by molar-refractivity contribution is 6.28. The van der Waals surface area contributed by atoms with Crippen LogP contribution in [-0.2, 0) is 12.1 Å². The van der Waals surface area contributed by atoms with Crippen LogP contribution in [0.2, 0.25) is 5.28 Å². The fraction of sp³-hybridized carbons (Fsp3) is 0.409. The Morgan fingerprint density at radius 3 is 2.70 bits per heavy atom. The Morgan fingerprint density at radius 1 is 1.21 bits per heavy atom. The third-order valence-electron chi connectivity index (χ3n) is 6.27. The van der Waals surface area contributed by atoms with E-state index >= 15 is 0 Å². The molecule has 2 unspecified atom stereocenters. The molecule has 3 aromatic rings. The van der Waals surface area contributed by atoms with E-state index in [0.29, 0.717) is 24.2 Å². The molecule has 0 bridgehead atoms. The lowest BCUT2D eigenvalue weighted by Crippen LogP contribution is -2.47. The van der Waals surface area contributed by atoms with Gasteiger partial charge in [0.1, 0.15) is 0 Å². The van der Waals surface area contributed by atoms with Gasteiger partial charge < -0.3 is 20.4 Å². The lowest BCUT2D eigenvalue weighted by atomic mass is 10.0. The molecule has 0 spiro atoms. The van der Waals surface area contributed by atoms with Gasteiger partial charge in [0.25, 0.3) is 0 Å². The third kappa shape index (κ3) is 3.95. The molecule has 1 aliphatic heterocycles. The van der Waals surface area contributed by atoms with Crippen LogP contribution in [0.4, 0.5) is 22.5 Å². The second kappa shape index (κ2) is 7.87. The molecule has 10 nitrogen and oxygen atoms in total. The molecule has 1 aliphatic carbocycles. The normalized spacial score (nSPS) is 20.3. The number of amides is 2. The first kappa shape index (κ1) is 21.4. The van der Waals surface area contributed by atoms with E-state index in [4.69, 9.17) is 11.6 Å². The average molecular weight is 468 g/mol.